The summed E-state index contributed by atoms with van der Waals surface area (Å²) < 4.78 is -0.112. The third-order valence-electron chi connectivity index (χ3n) is 2.36. The highest BCUT2D eigenvalue weighted by Crippen LogP contribution is 2.31. The highest BCUT2D eigenvalue weighted by molar-refractivity contribution is 14.1. The fraction of sp³-hybridized carbons (Fsp3) is 0.857. The number of nitrogens with zero attached hydrogens (tertiary/aromatic N) is 1. The van der Waals surface area contributed by atoms with Crippen LogP contribution in [-0.4, -0.2) is 26.0 Å². The van der Waals surface area contributed by atoms with E-state index in [1.165, 1.54) is 0 Å². The summed E-state index contributed by atoms with van der Waals surface area (Å²) in [6.45, 7) is 0. The Morgan fingerprint density at radius 2 is 2.15 bits per heavy atom. The number of halogens is 1. The van der Waals surface area contributed by atoms with Gasteiger partial charge in [0.05, 0.1) is 5.92 Å². The second-order valence-corrected chi connectivity index (χ2v) is 4.81. The molecule has 0 heterocycles. The largest absolute Gasteiger partial charge is 0.481 e. The molecule has 74 valence electrons. The summed E-state index contributed by atoms with van der Waals surface area (Å²) in [4.78, 5) is 20.8. The lowest BCUT2D eigenvalue weighted by atomic mass is 9.86. The summed E-state index contributed by atoms with van der Waals surface area (Å²) in [7, 11) is 0. The fourth-order valence-electron chi connectivity index (χ4n) is 1.56. The molecule has 1 rings (SSSR count). The molecule has 0 saturated heterocycles. The summed E-state index contributed by atoms with van der Waals surface area (Å²) in [5.41, 5.74) is 0. The Balaban J connectivity index is 2.56. The van der Waals surface area contributed by atoms with Gasteiger partial charge in [0.15, 0.2) is 0 Å². The van der Waals surface area contributed by atoms with E-state index in [4.69, 9.17) is 5.11 Å². The third kappa shape index (κ3) is 2.52. The van der Waals surface area contributed by atoms with Gasteiger partial charge < -0.3 is 5.11 Å². The lowest BCUT2D eigenvalue weighted by Gasteiger charge is -2.25. The van der Waals surface area contributed by atoms with Crippen molar-refractivity contribution in [1.29, 1.82) is 0 Å². The van der Waals surface area contributed by atoms with Crippen molar-refractivity contribution in [2.45, 2.75) is 29.2 Å². The lowest BCUT2D eigenvalue weighted by Crippen LogP contribution is -2.36. The van der Waals surface area contributed by atoms with Gasteiger partial charge in [-0.15, -0.1) is 0 Å². The first kappa shape index (κ1) is 10.7. The van der Waals surface area contributed by atoms with Crippen molar-refractivity contribution in [3.63, 3.8) is 0 Å². The van der Waals surface area contributed by atoms with Gasteiger partial charge in [-0.1, -0.05) is 22.6 Å². The van der Waals surface area contributed by atoms with Crippen molar-refractivity contribution in [3.05, 3.63) is 10.1 Å². The van der Waals surface area contributed by atoms with E-state index in [0.717, 1.165) is 0 Å². The van der Waals surface area contributed by atoms with E-state index >= 15 is 0 Å². The van der Waals surface area contributed by atoms with Crippen LogP contribution < -0.4 is 0 Å². The van der Waals surface area contributed by atoms with E-state index in [1.807, 2.05) is 22.6 Å². The average molecular weight is 299 g/mol. The zero-order valence-electron chi connectivity index (χ0n) is 6.85. The van der Waals surface area contributed by atoms with Gasteiger partial charge in [-0.25, -0.2) is 0 Å². The van der Waals surface area contributed by atoms with Gasteiger partial charge in [0.25, 0.3) is 0 Å². The van der Waals surface area contributed by atoms with E-state index in [1.54, 1.807) is 0 Å². The van der Waals surface area contributed by atoms with Crippen molar-refractivity contribution in [1.82, 2.24) is 0 Å². The smallest absolute Gasteiger partial charge is 0.307 e. The molecule has 5 nitrogen and oxygen atoms in total. The monoisotopic (exact) mass is 299 g/mol. The van der Waals surface area contributed by atoms with Crippen molar-refractivity contribution in [3.8, 4) is 0 Å². The molecular formula is C7H10INO4. The summed E-state index contributed by atoms with van der Waals surface area (Å²) in [5.74, 6) is -1.24. The summed E-state index contributed by atoms with van der Waals surface area (Å²) >= 11 is 2.00. The van der Waals surface area contributed by atoms with Crippen LogP contribution >= 0.6 is 22.6 Å². The topological polar surface area (TPSA) is 80.4 Å². The van der Waals surface area contributed by atoms with Gasteiger partial charge in [0, 0.05) is 21.7 Å². The third-order valence-corrected chi connectivity index (χ3v) is 3.74. The van der Waals surface area contributed by atoms with Crippen LogP contribution in [0.25, 0.3) is 0 Å². The molecule has 0 aromatic heterocycles. The maximum absolute atomic E-state index is 10.7. The van der Waals surface area contributed by atoms with E-state index < -0.39 is 17.9 Å². The number of alkyl halides is 1. The van der Waals surface area contributed by atoms with Crippen LogP contribution in [0.1, 0.15) is 19.3 Å². The minimum Gasteiger partial charge on any atom is -0.481 e. The number of hydrogen-bond donors (Lipinski definition) is 1. The summed E-state index contributed by atoms with van der Waals surface area (Å²) in [6.07, 6.45) is 1.20. The molecule has 13 heavy (non-hydrogen) atoms. The number of hydrogen-bond acceptors (Lipinski definition) is 3. The minimum absolute atomic E-state index is 0.112. The van der Waals surface area contributed by atoms with Crippen LogP contribution in [0.15, 0.2) is 0 Å². The van der Waals surface area contributed by atoms with Gasteiger partial charge in [-0.05, 0) is 6.42 Å². The zero-order chi connectivity index (χ0) is 10.0. The SMILES string of the molecule is O=C(O)C1CCC([N+](=O)[O-])CC1I. The predicted octanol–water partition coefficient (Wildman–Crippen LogP) is 1.32. The lowest BCUT2D eigenvalue weighted by molar-refractivity contribution is -0.526. The number of rotatable bonds is 2. The van der Waals surface area contributed by atoms with E-state index in [-0.39, 0.29) is 8.85 Å². The highest BCUT2D eigenvalue weighted by atomic mass is 127. The van der Waals surface area contributed by atoms with E-state index in [0.29, 0.717) is 19.3 Å². The van der Waals surface area contributed by atoms with E-state index in [9.17, 15) is 14.9 Å². The van der Waals surface area contributed by atoms with Crippen LogP contribution in [0.2, 0.25) is 0 Å². The number of carbonyl (C=O) groups is 1. The number of carboxylic acids is 1. The van der Waals surface area contributed by atoms with Crippen LogP contribution in [0, 0.1) is 16.0 Å². The van der Waals surface area contributed by atoms with Crippen molar-refractivity contribution >= 4 is 28.6 Å². The second-order valence-electron chi connectivity index (χ2n) is 3.21. The number of nitro groups is 1. The first-order valence-corrected chi connectivity index (χ1v) is 5.27. The minimum atomic E-state index is -0.832. The normalized spacial score (nSPS) is 34.1. The van der Waals surface area contributed by atoms with Crippen LogP contribution in [0.5, 0.6) is 0 Å². The molecule has 6 heteroatoms. The molecule has 1 saturated carbocycles. The standard InChI is InChI=1S/C7H10INO4/c8-6-3-4(9(12)13)1-2-5(6)7(10)11/h4-6H,1-3H2,(H,10,11). The molecule has 0 bridgehead atoms. The Kier molecular flexibility index (Phi) is 3.46. The fourth-order valence-corrected chi connectivity index (χ4v) is 2.82. The van der Waals surface area contributed by atoms with Crippen molar-refractivity contribution in [2.75, 3.05) is 0 Å². The molecule has 1 fully saturated rings. The van der Waals surface area contributed by atoms with Gasteiger partial charge in [0.2, 0.25) is 6.04 Å². The molecule has 1 N–H and O–H groups in total. The molecule has 0 spiro atoms. The predicted molar refractivity (Wildman–Crippen MR) is 53.6 cm³/mol. The molecule has 1 aliphatic rings. The molecule has 0 radical (unpaired) electrons. The Labute approximate surface area is 88.8 Å². The van der Waals surface area contributed by atoms with Crippen LogP contribution in [0.4, 0.5) is 0 Å². The first-order valence-electron chi connectivity index (χ1n) is 4.02. The van der Waals surface area contributed by atoms with Gasteiger partial charge in [-0.2, -0.15) is 0 Å². The molecule has 0 aromatic carbocycles. The van der Waals surface area contributed by atoms with Gasteiger partial charge in [0.1, 0.15) is 0 Å². The molecule has 0 aliphatic heterocycles. The number of carboxylic acid groups (broad SMARTS) is 1. The summed E-state index contributed by atoms with van der Waals surface area (Å²) in [5, 5.41) is 19.2. The Bertz CT molecular complexity index is 233. The van der Waals surface area contributed by atoms with Gasteiger partial charge in [-0.3, -0.25) is 14.9 Å². The van der Waals surface area contributed by atoms with E-state index in [2.05, 4.69) is 0 Å². The second kappa shape index (κ2) is 4.21. The zero-order valence-corrected chi connectivity index (χ0v) is 9.01. The molecule has 0 amide bonds. The Morgan fingerprint density at radius 1 is 1.54 bits per heavy atom. The highest BCUT2D eigenvalue weighted by Gasteiger charge is 2.38. The van der Waals surface area contributed by atoms with Crippen LogP contribution in [0.3, 0.4) is 0 Å². The average Bonchev–Trinajstić information content (AvgIpc) is 2.03. The summed E-state index contributed by atoms with van der Waals surface area (Å²) in [6, 6.07) is -0.544. The van der Waals surface area contributed by atoms with Crippen LogP contribution in [-0.2, 0) is 4.79 Å². The molecular weight excluding hydrogens is 289 g/mol. The first-order chi connectivity index (χ1) is 6.02. The van der Waals surface area contributed by atoms with Crippen molar-refractivity contribution in [2.24, 2.45) is 5.92 Å². The van der Waals surface area contributed by atoms with Gasteiger partial charge >= 0.3 is 5.97 Å². The molecule has 1 aliphatic carbocycles. The Hall–Kier alpha value is -0.400. The molecule has 3 unspecified atom stereocenters. The van der Waals surface area contributed by atoms with Crippen molar-refractivity contribution < 1.29 is 14.8 Å². The maximum Gasteiger partial charge on any atom is 0.307 e. The number of aliphatic carboxylic acids is 1. The maximum atomic E-state index is 10.7. The molecule has 3 atom stereocenters. The quantitative estimate of drug-likeness (QED) is 0.361. The molecule has 0 aromatic rings. The Morgan fingerprint density at radius 3 is 2.54 bits per heavy atom.